The molecule has 0 aliphatic rings. The maximum Gasteiger partial charge on any atom is 0.348 e. The molecule has 0 aliphatic carbocycles. The van der Waals surface area contributed by atoms with Gasteiger partial charge in [0, 0.05) is 21.9 Å². The van der Waals surface area contributed by atoms with Gasteiger partial charge in [0.2, 0.25) is 0 Å². The number of esters is 2. The van der Waals surface area contributed by atoms with E-state index in [0.29, 0.717) is 15.3 Å². The summed E-state index contributed by atoms with van der Waals surface area (Å²) in [6, 6.07) is 43.8. The molecule has 7 nitrogen and oxygen atoms in total. The zero-order valence-corrected chi connectivity index (χ0v) is 30.4. The second-order valence-corrected chi connectivity index (χ2v) is 13.4. The molecule has 0 unspecified atom stereocenters. The summed E-state index contributed by atoms with van der Waals surface area (Å²) in [6.07, 6.45) is 2.82. The van der Waals surface area contributed by atoms with Gasteiger partial charge in [-0.15, -0.1) is 22.7 Å². The molecule has 6 aromatic rings. The third-order valence-corrected chi connectivity index (χ3v) is 9.82. The quantitative estimate of drug-likeness (QED) is 0.0740. The third kappa shape index (κ3) is 12.6. The number of aldehydes is 1. The van der Waals surface area contributed by atoms with E-state index in [2.05, 4.69) is 70.7 Å². The fourth-order valence-electron chi connectivity index (χ4n) is 4.84. The van der Waals surface area contributed by atoms with Gasteiger partial charge in [-0.1, -0.05) is 109 Å². The number of carbonyl (C=O) groups excluding carboxylic acids is 3. The van der Waals surface area contributed by atoms with E-state index in [1.54, 1.807) is 18.2 Å². The molecule has 51 heavy (non-hydrogen) atoms. The molecule has 0 bridgehead atoms. The fourth-order valence-corrected chi connectivity index (χ4v) is 6.70. The van der Waals surface area contributed by atoms with E-state index in [4.69, 9.17) is 10.5 Å². The predicted molar refractivity (Wildman–Crippen MR) is 209 cm³/mol. The summed E-state index contributed by atoms with van der Waals surface area (Å²) >= 11 is 2.82. The van der Waals surface area contributed by atoms with Gasteiger partial charge < -0.3 is 20.5 Å². The van der Waals surface area contributed by atoms with Crippen molar-refractivity contribution in [2.24, 2.45) is 5.73 Å². The first kappa shape index (κ1) is 38.6. The molecule has 0 fully saturated rings. The summed E-state index contributed by atoms with van der Waals surface area (Å²) < 4.78 is 9.40. The van der Waals surface area contributed by atoms with Crippen LogP contribution in [-0.2, 0) is 28.9 Å². The Morgan fingerprint density at radius 1 is 0.608 bits per heavy atom. The molecule has 0 saturated heterocycles. The van der Waals surface area contributed by atoms with Gasteiger partial charge in [-0.3, -0.25) is 4.79 Å². The maximum atomic E-state index is 11.5. The lowest BCUT2D eigenvalue weighted by Crippen LogP contribution is -2.16. The maximum absolute atomic E-state index is 11.5. The number of nitrogens with two attached hydrogens (primary N) is 1. The van der Waals surface area contributed by atoms with Crippen LogP contribution in [-0.4, -0.2) is 45.5 Å². The highest BCUT2D eigenvalue weighted by molar-refractivity contribution is 7.17. The summed E-state index contributed by atoms with van der Waals surface area (Å²) in [7, 11) is 2.77. The van der Waals surface area contributed by atoms with E-state index in [9.17, 15) is 14.4 Å². The molecular formula is C42H42N2O5S2. The molecule has 0 radical (unpaired) electrons. The van der Waals surface area contributed by atoms with E-state index in [-0.39, 0.29) is 11.9 Å². The lowest BCUT2D eigenvalue weighted by Gasteiger charge is -2.06. The van der Waals surface area contributed by atoms with Crippen molar-refractivity contribution in [3.05, 3.63) is 165 Å². The number of carbonyl (C=O) groups is 3. The minimum absolute atomic E-state index is 0.282. The Bertz CT molecular complexity index is 1920. The van der Waals surface area contributed by atoms with Crippen LogP contribution in [0.2, 0.25) is 0 Å². The Labute approximate surface area is 307 Å². The summed E-state index contributed by atoms with van der Waals surface area (Å²) in [5, 5.41) is 3.48. The lowest BCUT2D eigenvalue weighted by atomic mass is 10.1. The van der Waals surface area contributed by atoms with Gasteiger partial charge in [-0.05, 0) is 78.0 Å². The highest BCUT2D eigenvalue weighted by Gasteiger charge is 2.11. The SMILES string of the molecule is COC(=O)c1ccc(-c2ccc(C=O)cc2)s1.COC(=O)c1ccc(-c2ccc(CNCCc3ccccc3)cc2)s1.NCCc1ccccc1. The van der Waals surface area contributed by atoms with Crippen molar-refractivity contribution in [2.75, 3.05) is 27.3 Å². The first-order chi connectivity index (χ1) is 24.9. The number of thiophene rings is 2. The number of benzene rings is 4. The molecule has 0 saturated carbocycles. The summed E-state index contributed by atoms with van der Waals surface area (Å²) in [5.41, 5.74) is 12.0. The number of nitrogens with one attached hydrogen (secondary N) is 1. The van der Waals surface area contributed by atoms with Crippen LogP contribution in [0.5, 0.6) is 0 Å². The molecule has 6 rings (SSSR count). The van der Waals surface area contributed by atoms with Crippen molar-refractivity contribution in [1.82, 2.24) is 5.32 Å². The van der Waals surface area contributed by atoms with E-state index < -0.39 is 0 Å². The number of hydrogen-bond acceptors (Lipinski definition) is 9. The minimum Gasteiger partial charge on any atom is -0.465 e. The van der Waals surface area contributed by atoms with Crippen molar-refractivity contribution in [3.63, 3.8) is 0 Å². The van der Waals surface area contributed by atoms with Gasteiger partial charge in [0.15, 0.2) is 0 Å². The van der Waals surface area contributed by atoms with E-state index in [0.717, 1.165) is 59.6 Å². The lowest BCUT2D eigenvalue weighted by molar-refractivity contribution is 0.0597. The van der Waals surface area contributed by atoms with Gasteiger partial charge in [0.25, 0.3) is 0 Å². The topological polar surface area (TPSA) is 108 Å². The normalized spacial score (nSPS) is 10.2. The molecule has 0 amide bonds. The number of ether oxygens (including phenoxy) is 2. The molecule has 262 valence electrons. The summed E-state index contributed by atoms with van der Waals surface area (Å²) in [6.45, 7) is 2.55. The summed E-state index contributed by atoms with van der Waals surface area (Å²) in [4.78, 5) is 36.6. The number of methoxy groups -OCH3 is 2. The highest BCUT2D eigenvalue weighted by Crippen LogP contribution is 2.29. The second kappa shape index (κ2) is 21.1. The van der Waals surface area contributed by atoms with Crippen LogP contribution in [0.3, 0.4) is 0 Å². The van der Waals surface area contributed by atoms with E-state index in [1.807, 2.05) is 54.6 Å². The van der Waals surface area contributed by atoms with Gasteiger partial charge >= 0.3 is 11.9 Å². The molecule has 0 spiro atoms. The van der Waals surface area contributed by atoms with Crippen molar-refractivity contribution in [3.8, 4) is 20.9 Å². The Balaban J connectivity index is 0.000000192. The molecule has 4 aromatic carbocycles. The van der Waals surface area contributed by atoms with Gasteiger partial charge in [-0.2, -0.15) is 0 Å². The van der Waals surface area contributed by atoms with Crippen LogP contribution >= 0.6 is 22.7 Å². The Kier molecular flexibility index (Phi) is 16.0. The van der Waals surface area contributed by atoms with Crippen LogP contribution < -0.4 is 11.1 Å². The fraction of sp³-hybridized carbons (Fsp3) is 0.167. The Hall–Kier alpha value is -5.19. The van der Waals surface area contributed by atoms with Crippen LogP contribution in [0.4, 0.5) is 0 Å². The van der Waals surface area contributed by atoms with Gasteiger partial charge in [0.1, 0.15) is 16.0 Å². The van der Waals surface area contributed by atoms with Gasteiger partial charge in [-0.25, -0.2) is 9.59 Å². The molecule has 0 aliphatic heterocycles. The zero-order chi connectivity index (χ0) is 36.3. The smallest absolute Gasteiger partial charge is 0.348 e. The van der Waals surface area contributed by atoms with Crippen molar-refractivity contribution in [1.29, 1.82) is 0 Å². The van der Waals surface area contributed by atoms with Crippen LogP contribution in [0.1, 0.15) is 46.4 Å². The molecule has 2 heterocycles. The zero-order valence-electron chi connectivity index (χ0n) is 28.7. The molecule has 0 atom stereocenters. The third-order valence-electron chi connectivity index (χ3n) is 7.59. The highest BCUT2D eigenvalue weighted by atomic mass is 32.1. The van der Waals surface area contributed by atoms with Crippen LogP contribution in [0.15, 0.2) is 133 Å². The standard InChI is InChI=1S/C21H21NO2S.C13H10O3S.C8H11N/c1-24-21(23)20-12-11-19(25-20)18-9-7-17(8-10-18)15-22-14-13-16-5-3-2-4-6-16;1-16-13(15)12-7-6-11(17-12)10-4-2-9(8-14)3-5-10;9-7-6-8-4-2-1-3-5-8/h2-12,22H,13-15H2,1H3;2-8H,1H3;1-5H,6-7,9H2. The Morgan fingerprint density at radius 2 is 1.08 bits per heavy atom. The van der Waals surface area contributed by atoms with Crippen molar-refractivity contribution >= 4 is 40.9 Å². The monoisotopic (exact) mass is 718 g/mol. The average molecular weight is 719 g/mol. The number of rotatable bonds is 12. The second-order valence-electron chi connectivity index (χ2n) is 11.2. The molecule has 2 aromatic heterocycles. The average Bonchev–Trinajstić information content (AvgIpc) is 3.90. The van der Waals surface area contributed by atoms with E-state index in [1.165, 1.54) is 53.6 Å². The van der Waals surface area contributed by atoms with E-state index >= 15 is 0 Å². The van der Waals surface area contributed by atoms with Crippen molar-refractivity contribution < 1.29 is 23.9 Å². The van der Waals surface area contributed by atoms with Crippen molar-refractivity contribution in [2.45, 2.75) is 19.4 Å². The molecule has 3 N–H and O–H groups in total. The largest absolute Gasteiger partial charge is 0.465 e. The molecular weight excluding hydrogens is 677 g/mol. The number of hydrogen-bond donors (Lipinski definition) is 2. The summed E-state index contributed by atoms with van der Waals surface area (Å²) in [5.74, 6) is -0.610. The van der Waals surface area contributed by atoms with Gasteiger partial charge in [0.05, 0.1) is 14.2 Å². The van der Waals surface area contributed by atoms with Crippen LogP contribution in [0.25, 0.3) is 20.9 Å². The van der Waals surface area contributed by atoms with Crippen LogP contribution in [0, 0.1) is 0 Å². The predicted octanol–water partition coefficient (Wildman–Crippen LogP) is 8.74. The minimum atomic E-state index is -0.328. The first-order valence-corrected chi connectivity index (χ1v) is 18.1. The Morgan fingerprint density at radius 3 is 1.53 bits per heavy atom. The first-order valence-electron chi connectivity index (χ1n) is 16.4. The molecule has 9 heteroatoms.